The van der Waals surface area contributed by atoms with E-state index in [4.69, 9.17) is 0 Å². The molecule has 1 saturated carbocycles. The number of benzene rings is 2. The van der Waals surface area contributed by atoms with Gasteiger partial charge in [-0.25, -0.2) is 17.5 Å². The third-order valence-corrected chi connectivity index (χ3v) is 5.83. The lowest BCUT2D eigenvalue weighted by molar-refractivity contribution is -0.120. The van der Waals surface area contributed by atoms with Crippen molar-refractivity contribution in [2.45, 2.75) is 30.2 Å². The molecule has 9 heteroatoms. The van der Waals surface area contributed by atoms with E-state index in [0.717, 1.165) is 12.8 Å². The van der Waals surface area contributed by atoms with Gasteiger partial charge in [-0.05, 0) is 48.7 Å². The first kappa shape index (κ1) is 20.9. The topological polar surface area (TPSA) is 104 Å². The summed E-state index contributed by atoms with van der Waals surface area (Å²) in [6.07, 6.45) is 1.76. The molecule has 0 atom stereocenters. The SMILES string of the molecule is O=C(Cc1ccc(F)cc1)NCCNC(=O)c1cccc(S(=O)(=O)NC2CC2)c1. The smallest absolute Gasteiger partial charge is 0.251 e. The second kappa shape index (κ2) is 9.15. The fraction of sp³-hybridized carbons (Fsp3) is 0.300. The highest BCUT2D eigenvalue weighted by molar-refractivity contribution is 7.89. The molecular weight excluding hydrogens is 397 g/mol. The monoisotopic (exact) mass is 419 g/mol. The Balaban J connectivity index is 1.45. The largest absolute Gasteiger partial charge is 0.354 e. The number of carbonyl (C=O) groups excluding carboxylic acids is 2. The van der Waals surface area contributed by atoms with Crippen LogP contribution in [0.25, 0.3) is 0 Å². The van der Waals surface area contributed by atoms with Gasteiger partial charge in [0.25, 0.3) is 5.91 Å². The number of amides is 2. The van der Waals surface area contributed by atoms with Crippen LogP contribution in [0.5, 0.6) is 0 Å². The van der Waals surface area contributed by atoms with Crippen molar-refractivity contribution < 1.29 is 22.4 Å². The van der Waals surface area contributed by atoms with Crippen molar-refractivity contribution in [1.82, 2.24) is 15.4 Å². The predicted octanol–water partition coefficient (Wildman–Crippen LogP) is 1.36. The molecule has 1 aliphatic rings. The van der Waals surface area contributed by atoms with Gasteiger partial charge in [-0.1, -0.05) is 18.2 Å². The number of sulfonamides is 1. The predicted molar refractivity (Wildman–Crippen MR) is 105 cm³/mol. The normalized spacial score (nSPS) is 13.7. The number of nitrogens with one attached hydrogen (secondary N) is 3. The molecule has 0 saturated heterocycles. The standard InChI is InChI=1S/C20H22FN3O4S/c21-16-6-4-14(5-7-16)12-19(25)22-10-11-23-20(26)15-2-1-3-18(13-15)29(27,28)24-17-8-9-17/h1-7,13,17,24H,8-12H2,(H,22,25)(H,23,26). The Bertz CT molecular complexity index is 989. The van der Waals surface area contributed by atoms with Gasteiger partial charge in [-0.3, -0.25) is 9.59 Å². The molecule has 0 heterocycles. The summed E-state index contributed by atoms with van der Waals surface area (Å²) < 4.78 is 39.9. The van der Waals surface area contributed by atoms with Crippen LogP contribution in [0.4, 0.5) is 4.39 Å². The van der Waals surface area contributed by atoms with E-state index >= 15 is 0 Å². The lowest BCUT2D eigenvalue weighted by atomic mass is 10.1. The highest BCUT2D eigenvalue weighted by atomic mass is 32.2. The van der Waals surface area contributed by atoms with E-state index in [1.165, 1.54) is 48.5 Å². The van der Waals surface area contributed by atoms with E-state index in [-0.39, 0.29) is 47.7 Å². The second-order valence-electron chi connectivity index (χ2n) is 6.83. The van der Waals surface area contributed by atoms with Crippen LogP contribution in [0.2, 0.25) is 0 Å². The minimum Gasteiger partial charge on any atom is -0.354 e. The van der Waals surface area contributed by atoms with Gasteiger partial charge in [-0.15, -0.1) is 0 Å². The zero-order chi connectivity index (χ0) is 20.9. The Hall–Kier alpha value is -2.78. The van der Waals surface area contributed by atoms with Crippen molar-refractivity contribution >= 4 is 21.8 Å². The van der Waals surface area contributed by atoms with E-state index in [0.29, 0.717) is 5.56 Å². The Morgan fingerprint density at radius 1 is 1.00 bits per heavy atom. The van der Waals surface area contributed by atoms with Crippen LogP contribution in [-0.2, 0) is 21.2 Å². The fourth-order valence-corrected chi connectivity index (χ4v) is 3.97. The summed E-state index contributed by atoms with van der Waals surface area (Å²) in [5.74, 6) is -1.04. The highest BCUT2D eigenvalue weighted by Gasteiger charge is 2.28. The van der Waals surface area contributed by atoms with Crippen LogP contribution >= 0.6 is 0 Å². The summed E-state index contributed by atoms with van der Waals surface area (Å²) in [6, 6.07) is 11.4. The first-order chi connectivity index (χ1) is 13.8. The maximum atomic E-state index is 12.9. The molecule has 0 spiro atoms. The molecule has 3 rings (SSSR count). The zero-order valence-electron chi connectivity index (χ0n) is 15.7. The molecule has 0 aromatic heterocycles. The number of halogens is 1. The van der Waals surface area contributed by atoms with E-state index in [1.54, 1.807) is 0 Å². The Morgan fingerprint density at radius 3 is 2.38 bits per heavy atom. The maximum absolute atomic E-state index is 12.9. The van der Waals surface area contributed by atoms with Gasteiger partial charge in [-0.2, -0.15) is 0 Å². The maximum Gasteiger partial charge on any atom is 0.251 e. The molecule has 0 aliphatic heterocycles. The lowest BCUT2D eigenvalue weighted by Gasteiger charge is -2.09. The van der Waals surface area contributed by atoms with Crippen molar-refractivity contribution in [3.05, 3.63) is 65.5 Å². The summed E-state index contributed by atoms with van der Waals surface area (Å²) in [7, 11) is -3.63. The number of carbonyl (C=O) groups is 2. The number of hydrogen-bond donors (Lipinski definition) is 3. The highest BCUT2D eigenvalue weighted by Crippen LogP contribution is 2.22. The quantitative estimate of drug-likeness (QED) is 0.534. The van der Waals surface area contributed by atoms with Gasteiger partial charge in [0.1, 0.15) is 5.82 Å². The average molecular weight is 419 g/mol. The lowest BCUT2D eigenvalue weighted by Crippen LogP contribution is -2.35. The summed E-state index contributed by atoms with van der Waals surface area (Å²) in [4.78, 5) is 24.2. The molecule has 154 valence electrons. The third kappa shape index (κ3) is 6.37. The Morgan fingerprint density at radius 2 is 1.69 bits per heavy atom. The summed E-state index contributed by atoms with van der Waals surface area (Å²) >= 11 is 0. The summed E-state index contributed by atoms with van der Waals surface area (Å²) in [5, 5.41) is 5.30. The van der Waals surface area contributed by atoms with Gasteiger partial charge in [0, 0.05) is 24.7 Å². The van der Waals surface area contributed by atoms with Crippen LogP contribution in [0, 0.1) is 5.82 Å². The molecule has 7 nitrogen and oxygen atoms in total. The minimum atomic E-state index is -3.63. The molecule has 0 radical (unpaired) electrons. The van der Waals surface area contributed by atoms with Crippen LogP contribution in [0.15, 0.2) is 53.4 Å². The van der Waals surface area contributed by atoms with E-state index in [2.05, 4.69) is 15.4 Å². The summed E-state index contributed by atoms with van der Waals surface area (Å²) in [6.45, 7) is 0.401. The van der Waals surface area contributed by atoms with Crippen LogP contribution in [-0.4, -0.2) is 39.4 Å². The van der Waals surface area contributed by atoms with Gasteiger partial charge < -0.3 is 10.6 Å². The van der Waals surface area contributed by atoms with E-state index in [9.17, 15) is 22.4 Å². The zero-order valence-corrected chi connectivity index (χ0v) is 16.5. The Labute approximate surface area is 168 Å². The molecule has 2 aromatic rings. The molecule has 2 aromatic carbocycles. The van der Waals surface area contributed by atoms with Gasteiger partial charge >= 0.3 is 0 Å². The second-order valence-corrected chi connectivity index (χ2v) is 8.55. The number of hydrogen-bond acceptors (Lipinski definition) is 4. The molecule has 3 N–H and O–H groups in total. The van der Waals surface area contributed by atoms with Crippen LogP contribution in [0.3, 0.4) is 0 Å². The molecule has 1 aliphatic carbocycles. The van der Waals surface area contributed by atoms with Crippen LogP contribution in [0.1, 0.15) is 28.8 Å². The summed E-state index contributed by atoms with van der Waals surface area (Å²) in [5.41, 5.74) is 0.909. The molecule has 1 fully saturated rings. The minimum absolute atomic E-state index is 0.0176. The van der Waals surface area contributed by atoms with Crippen LogP contribution < -0.4 is 15.4 Å². The third-order valence-electron chi connectivity index (χ3n) is 4.32. The van der Waals surface area contributed by atoms with Crippen molar-refractivity contribution in [3.63, 3.8) is 0 Å². The van der Waals surface area contributed by atoms with E-state index in [1.807, 2.05) is 0 Å². The van der Waals surface area contributed by atoms with Crippen molar-refractivity contribution in [2.24, 2.45) is 0 Å². The molecule has 29 heavy (non-hydrogen) atoms. The van der Waals surface area contributed by atoms with Crippen molar-refractivity contribution in [2.75, 3.05) is 13.1 Å². The Kier molecular flexibility index (Phi) is 6.60. The van der Waals surface area contributed by atoms with Crippen molar-refractivity contribution in [3.8, 4) is 0 Å². The molecule has 0 unspecified atom stereocenters. The first-order valence-electron chi connectivity index (χ1n) is 9.25. The molecule has 2 amide bonds. The molecule has 0 bridgehead atoms. The average Bonchev–Trinajstić information content (AvgIpc) is 3.50. The molecular formula is C20H22FN3O4S. The fourth-order valence-electron chi connectivity index (χ4n) is 2.62. The van der Waals surface area contributed by atoms with Crippen molar-refractivity contribution in [1.29, 1.82) is 0 Å². The van der Waals surface area contributed by atoms with Gasteiger partial charge in [0.2, 0.25) is 15.9 Å². The van der Waals surface area contributed by atoms with E-state index < -0.39 is 15.9 Å². The van der Waals surface area contributed by atoms with Gasteiger partial charge in [0.15, 0.2) is 0 Å². The first-order valence-corrected chi connectivity index (χ1v) is 10.7. The van der Waals surface area contributed by atoms with Gasteiger partial charge in [0.05, 0.1) is 11.3 Å². The number of rotatable bonds is 9.